The van der Waals surface area contributed by atoms with Gasteiger partial charge in [0.1, 0.15) is 0 Å². The van der Waals surface area contributed by atoms with E-state index in [0.717, 1.165) is 12.0 Å². The van der Waals surface area contributed by atoms with Crippen LogP contribution in [0.5, 0.6) is 0 Å². The summed E-state index contributed by atoms with van der Waals surface area (Å²) in [7, 11) is 0. The van der Waals surface area contributed by atoms with Gasteiger partial charge in [-0.25, -0.2) is 0 Å². The van der Waals surface area contributed by atoms with Gasteiger partial charge in [-0.2, -0.15) is 0 Å². The van der Waals surface area contributed by atoms with Crippen LogP contribution < -0.4 is 0 Å². The summed E-state index contributed by atoms with van der Waals surface area (Å²) in [6.07, 6.45) is 4.08. The molecule has 0 heterocycles. The van der Waals surface area contributed by atoms with Gasteiger partial charge in [-0.15, -0.1) is 0 Å². The molecule has 0 aromatic heterocycles. The van der Waals surface area contributed by atoms with E-state index in [9.17, 15) is 4.79 Å². The maximum Gasteiger partial charge on any atom is 0.162 e. The van der Waals surface area contributed by atoms with Crippen molar-refractivity contribution in [1.82, 2.24) is 0 Å². The summed E-state index contributed by atoms with van der Waals surface area (Å²) in [5, 5.41) is 0. The lowest BCUT2D eigenvalue weighted by atomic mass is 10.0. The summed E-state index contributed by atoms with van der Waals surface area (Å²) in [5.74, 6) is 0.239. The zero-order chi connectivity index (χ0) is 10.4. The molecule has 0 spiro atoms. The highest BCUT2D eigenvalue weighted by Gasteiger charge is 2.02. The van der Waals surface area contributed by atoms with E-state index >= 15 is 0 Å². The number of hydrogen-bond donors (Lipinski definition) is 0. The van der Waals surface area contributed by atoms with E-state index in [1.54, 1.807) is 0 Å². The molecule has 1 nitrogen and oxygen atoms in total. The fourth-order valence-electron chi connectivity index (χ4n) is 1.49. The highest BCUT2D eigenvalue weighted by atomic mass is 16.1. The highest BCUT2D eigenvalue weighted by Crippen LogP contribution is 2.10. The number of aryl methyl sites for hydroxylation is 1. The molecule has 0 bridgehead atoms. The van der Waals surface area contributed by atoms with Crippen LogP contribution in [0.4, 0.5) is 0 Å². The van der Waals surface area contributed by atoms with Crippen molar-refractivity contribution in [2.75, 3.05) is 0 Å². The van der Waals surface area contributed by atoms with Crippen molar-refractivity contribution < 1.29 is 4.79 Å². The Morgan fingerprint density at radius 3 is 2.71 bits per heavy atom. The van der Waals surface area contributed by atoms with Gasteiger partial charge in [0, 0.05) is 12.0 Å². The van der Waals surface area contributed by atoms with E-state index < -0.39 is 0 Å². The fourth-order valence-corrected chi connectivity index (χ4v) is 1.49. The van der Waals surface area contributed by atoms with Gasteiger partial charge in [0.15, 0.2) is 5.78 Å². The second-order valence-electron chi connectivity index (χ2n) is 3.58. The number of ketones is 1. The van der Waals surface area contributed by atoms with E-state index in [0.29, 0.717) is 6.42 Å². The first-order chi connectivity index (χ1) is 6.77. The summed E-state index contributed by atoms with van der Waals surface area (Å²) >= 11 is 0. The number of hydrogen-bond acceptors (Lipinski definition) is 1. The first-order valence-corrected chi connectivity index (χ1v) is 5.40. The molecule has 0 aliphatic carbocycles. The van der Waals surface area contributed by atoms with Gasteiger partial charge < -0.3 is 0 Å². The average Bonchev–Trinajstić information content (AvgIpc) is 2.25. The first-order valence-electron chi connectivity index (χ1n) is 5.40. The molecule has 0 amide bonds. The lowest BCUT2D eigenvalue weighted by Gasteiger charge is -2.02. The Labute approximate surface area is 86.1 Å². The first kappa shape index (κ1) is 11.0. The summed E-state index contributed by atoms with van der Waals surface area (Å²) < 4.78 is 0. The number of Topliss-reactive ketones (excluding diaryl/α,β-unsaturated/α-hetero) is 1. The zero-order valence-electron chi connectivity index (χ0n) is 9.05. The normalized spacial score (nSPS) is 10.1. The SMILES string of the molecule is CCCCc1cccc(C(=O)CC)c1. The van der Waals surface area contributed by atoms with Crippen molar-refractivity contribution in [1.29, 1.82) is 0 Å². The third kappa shape index (κ3) is 2.99. The quantitative estimate of drug-likeness (QED) is 0.648. The van der Waals surface area contributed by atoms with Crippen LogP contribution in [0.2, 0.25) is 0 Å². The Hall–Kier alpha value is -1.11. The number of carbonyl (C=O) groups is 1. The van der Waals surface area contributed by atoms with Gasteiger partial charge in [0.05, 0.1) is 0 Å². The fraction of sp³-hybridized carbons (Fsp3) is 0.462. The molecule has 1 aromatic carbocycles. The largest absolute Gasteiger partial charge is 0.294 e. The van der Waals surface area contributed by atoms with Crippen molar-refractivity contribution in [3.63, 3.8) is 0 Å². The molecule has 0 fully saturated rings. The molecule has 0 saturated heterocycles. The molecule has 0 aliphatic rings. The van der Waals surface area contributed by atoms with Gasteiger partial charge >= 0.3 is 0 Å². The summed E-state index contributed by atoms with van der Waals surface area (Å²) in [4.78, 5) is 11.4. The van der Waals surface area contributed by atoms with Gasteiger partial charge in [-0.1, -0.05) is 38.5 Å². The Balaban J connectivity index is 2.73. The lowest BCUT2D eigenvalue weighted by molar-refractivity contribution is 0.0988. The van der Waals surface area contributed by atoms with Crippen LogP contribution in [0, 0.1) is 0 Å². The van der Waals surface area contributed by atoms with Crippen molar-refractivity contribution in [2.24, 2.45) is 0 Å². The van der Waals surface area contributed by atoms with E-state index in [1.165, 1.54) is 18.4 Å². The van der Waals surface area contributed by atoms with Gasteiger partial charge in [-0.05, 0) is 24.5 Å². The van der Waals surface area contributed by atoms with Gasteiger partial charge in [0.25, 0.3) is 0 Å². The average molecular weight is 190 g/mol. The maximum atomic E-state index is 11.4. The topological polar surface area (TPSA) is 17.1 Å². The van der Waals surface area contributed by atoms with Crippen LogP contribution in [-0.2, 0) is 6.42 Å². The van der Waals surface area contributed by atoms with Gasteiger partial charge in [-0.3, -0.25) is 4.79 Å². The van der Waals surface area contributed by atoms with Crippen LogP contribution in [-0.4, -0.2) is 5.78 Å². The number of unbranched alkanes of at least 4 members (excludes halogenated alkanes) is 1. The minimum absolute atomic E-state index is 0.239. The zero-order valence-corrected chi connectivity index (χ0v) is 9.05. The van der Waals surface area contributed by atoms with Crippen molar-refractivity contribution in [3.8, 4) is 0 Å². The number of carbonyl (C=O) groups excluding carboxylic acids is 1. The molecule has 0 unspecified atom stereocenters. The third-order valence-corrected chi connectivity index (χ3v) is 2.39. The van der Waals surface area contributed by atoms with Gasteiger partial charge in [0.2, 0.25) is 0 Å². The summed E-state index contributed by atoms with van der Waals surface area (Å²) in [6, 6.07) is 8.01. The molecular weight excluding hydrogens is 172 g/mol. The molecular formula is C13H18O. The minimum Gasteiger partial charge on any atom is -0.294 e. The molecule has 1 aromatic rings. The molecule has 76 valence electrons. The van der Waals surface area contributed by atoms with Crippen LogP contribution >= 0.6 is 0 Å². The second kappa shape index (κ2) is 5.58. The predicted octanol–water partition coefficient (Wildman–Crippen LogP) is 3.62. The molecule has 0 atom stereocenters. The molecule has 0 N–H and O–H groups in total. The summed E-state index contributed by atoms with van der Waals surface area (Å²) in [6.45, 7) is 4.09. The Bertz CT molecular complexity index is 302. The van der Waals surface area contributed by atoms with Crippen molar-refractivity contribution in [2.45, 2.75) is 39.5 Å². The van der Waals surface area contributed by atoms with Crippen molar-refractivity contribution >= 4 is 5.78 Å². The monoisotopic (exact) mass is 190 g/mol. The molecule has 1 heteroatoms. The summed E-state index contributed by atoms with van der Waals surface area (Å²) in [5.41, 5.74) is 2.15. The highest BCUT2D eigenvalue weighted by molar-refractivity contribution is 5.95. The molecule has 0 aliphatic heterocycles. The van der Waals surface area contributed by atoms with Crippen LogP contribution in [0.3, 0.4) is 0 Å². The van der Waals surface area contributed by atoms with E-state index in [1.807, 2.05) is 25.1 Å². The Morgan fingerprint density at radius 2 is 2.07 bits per heavy atom. The Morgan fingerprint density at radius 1 is 1.29 bits per heavy atom. The standard InChI is InChI=1S/C13H18O/c1-3-5-7-11-8-6-9-12(10-11)13(14)4-2/h6,8-10H,3-5,7H2,1-2H3. The molecule has 0 radical (unpaired) electrons. The van der Waals surface area contributed by atoms with E-state index in [4.69, 9.17) is 0 Å². The van der Waals surface area contributed by atoms with E-state index in [-0.39, 0.29) is 5.78 Å². The smallest absolute Gasteiger partial charge is 0.162 e. The van der Waals surface area contributed by atoms with Crippen LogP contribution in [0.15, 0.2) is 24.3 Å². The number of rotatable bonds is 5. The number of benzene rings is 1. The minimum atomic E-state index is 0.239. The lowest BCUT2D eigenvalue weighted by Crippen LogP contribution is -1.97. The molecule has 0 saturated carbocycles. The maximum absolute atomic E-state index is 11.4. The second-order valence-corrected chi connectivity index (χ2v) is 3.58. The predicted molar refractivity (Wildman–Crippen MR) is 59.7 cm³/mol. The van der Waals surface area contributed by atoms with Crippen molar-refractivity contribution in [3.05, 3.63) is 35.4 Å². The van der Waals surface area contributed by atoms with Crippen LogP contribution in [0.1, 0.15) is 49.0 Å². The molecule has 1 rings (SSSR count). The Kier molecular flexibility index (Phi) is 4.37. The third-order valence-electron chi connectivity index (χ3n) is 2.39. The van der Waals surface area contributed by atoms with E-state index in [2.05, 4.69) is 13.0 Å². The molecule has 14 heavy (non-hydrogen) atoms. The van der Waals surface area contributed by atoms with Crippen LogP contribution in [0.25, 0.3) is 0 Å².